The molecule has 1 aromatic heterocycles. The van der Waals surface area contributed by atoms with E-state index in [-0.39, 0.29) is 36.6 Å². The molecule has 30 heavy (non-hydrogen) atoms. The predicted molar refractivity (Wildman–Crippen MR) is 119 cm³/mol. The summed E-state index contributed by atoms with van der Waals surface area (Å²) in [6.45, 7) is 3.96. The fourth-order valence-electron chi connectivity index (χ4n) is 4.70. The second-order valence-electron chi connectivity index (χ2n) is 8.99. The molecule has 3 rings (SSSR count). The lowest BCUT2D eigenvalue weighted by Crippen LogP contribution is -2.37. The number of nitrogens with one attached hydrogen (secondary N) is 2. The molecule has 0 spiro atoms. The third-order valence-electron chi connectivity index (χ3n) is 6.42. The summed E-state index contributed by atoms with van der Waals surface area (Å²) < 4.78 is 0. The van der Waals surface area contributed by atoms with E-state index >= 15 is 0 Å². The molecule has 0 saturated heterocycles. The summed E-state index contributed by atoms with van der Waals surface area (Å²) in [6.07, 6.45) is 9.70. The van der Waals surface area contributed by atoms with Crippen molar-refractivity contribution in [3.05, 3.63) is 16.0 Å². The van der Waals surface area contributed by atoms with Crippen molar-refractivity contribution in [2.45, 2.75) is 90.5 Å². The monoisotopic (exact) mass is 434 g/mol. The Kier molecular flexibility index (Phi) is 7.92. The lowest BCUT2D eigenvalue weighted by Gasteiger charge is -2.24. The van der Waals surface area contributed by atoms with E-state index in [1.54, 1.807) is 6.92 Å². The van der Waals surface area contributed by atoms with Crippen molar-refractivity contribution in [3.63, 3.8) is 0 Å². The maximum Gasteiger partial charge on any atom is 0.303 e. The molecule has 3 N–H and O–H groups in total. The Morgan fingerprint density at radius 3 is 2.53 bits per heavy atom. The lowest BCUT2D eigenvalue weighted by atomic mass is 9.85. The summed E-state index contributed by atoms with van der Waals surface area (Å²) in [4.78, 5) is 37.9. The molecule has 6 nitrogen and oxygen atoms in total. The van der Waals surface area contributed by atoms with Crippen LogP contribution in [0, 0.1) is 11.8 Å². The zero-order chi connectivity index (χ0) is 21.7. The predicted octanol–water partition coefficient (Wildman–Crippen LogP) is 4.76. The van der Waals surface area contributed by atoms with Gasteiger partial charge < -0.3 is 15.7 Å². The van der Waals surface area contributed by atoms with Gasteiger partial charge in [-0.1, -0.05) is 39.5 Å². The summed E-state index contributed by atoms with van der Waals surface area (Å²) in [5, 5.41) is 15.7. The molecule has 1 saturated carbocycles. The summed E-state index contributed by atoms with van der Waals surface area (Å²) >= 11 is 1.53. The third-order valence-corrected chi connectivity index (χ3v) is 7.59. The molecule has 0 aliphatic heterocycles. The number of carboxylic acid groups (broad SMARTS) is 1. The highest BCUT2D eigenvalue weighted by molar-refractivity contribution is 7.17. The normalized spacial score (nSPS) is 20.3. The quantitative estimate of drug-likeness (QED) is 0.549. The first-order valence-corrected chi connectivity index (χ1v) is 12.2. The van der Waals surface area contributed by atoms with Gasteiger partial charge in [-0.2, -0.15) is 0 Å². The SMILES string of the molecule is CC[C@H]1CCc2c(sc(NC(=O)C[C@@H](C)CC(=O)O)c2C(=O)NC2CCCCC2)C1. The van der Waals surface area contributed by atoms with Crippen molar-refractivity contribution in [1.82, 2.24) is 5.32 Å². The van der Waals surface area contributed by atoms with Crippen LogP contribution >= 0.6 is 11.3 Å². The highest BCUT2D eigenvalue weighted by Crippen LogP contribution is 2.40. The van der Waals surface area contributed by atoms with Crippen LogP contribution in [-0.2, 0) is 22.4 Å². The van der Waals surface area contributed by atoms with E-state index in [1.165, 1.54) is 22.6 Å². The van der Waals surface area contributed by atoms with Gasteiger partial charge in [-0.25, -0.2) is 0 Å². The lowest BCUT2D eigenvalue weighted by molar-refractivity contribution is -0.138. The van der Waals surface area contributed by atoms with Crippen LogP contribution in [0.15, 0.2) is 0 Å². The molecule has 0 unspecified atom stereocenters. The fourth-order valence-corrected chi connectivity index (χ4v) is 6.08. The fraction of sp³-hybridized carbons (Fsp3) is 0.696. The minimum atomic E-state index is -0.903. The average molecular weight is 435 g/mol. The van der Waals surface area contributed by atoms with Gasteiger partial charge in [0.1, 0.15) is 5.00 Å². The smallest absolute Gasteiger partial charge is 0.303 e. The molecule has 0 aromatic carbocycles. The molecule has 2 aliphatic rings. The second kappa shape index (κ2) is 10.4. The van der Waals surface area contributed by atoms with Gasteiger partial charge in [-0.05, 0) is 49.5 Å². The maximum absolute atomic E-state index is 13.2. The minimum Gasteiger partial charge on any atom is -0.481 e. The van der Waals surface area contributed by atoms with Gasteiger partial charge in [0, 0.05) is 23.8 Å². The molecule has 0 bridgehead atoms. The van der Waals surface area contributed by atoms with Gasteiger partial charge in [-0.15, -0.1) is 11.3 Å². The number of carbonyl (C=O) groups is 3. The van der Waals surface area contributed by atoms with Crippen LogP contribution in [0.25, 0.3) is 0 Å². The number of hydrogen-bond acceptors (Lipinski definition) is 4. The number of amides is 2. The van der Waals surface area contributed by atoms with Crippen LogP contribution in [0.5, 0.6) is 0 Å². The number of anilines is 1. The number of aliphatic carboxylic acids is 1. The summed E-state index contributed by atoms with van der Waals surface area (Å²) in [5.41, 5.74) is 1.75. The van der Waals surface area contributed by atoms with Gasteiger partial charge in [0.05, 0.1) is 5.56 Å². The minimum absolute atomic E-state index is 0.0401. The van der Waals surface area contributed by atoms with Crippen molar-refractivity contribution in [2.75, 3.05) is 5.32 Å². The van der Waals surface area contributed by atoms with Crippen molar-refractivity contribution in [2.24, 2.45) is 11.8 Å². The van der Waals surface area contributed by atoms with Crippen molar-refractivity contribution >= 4 is 34.1 Å². The van der Waals surface area contributed by atoms with Crippen molar-refractivity contribution in [3.8, 4) is 0 Å². The Balaban J connectivity index is 1.78. The Hall–Kier alpha value is -1.89. The molecule has 1 fully saturated rings. The van der Waals surface area contributed by atoms with Crippen LogP contribution in [-0.4, -0.2) is 28.9 Å². The van der Waals surface area contributed by atoms with Crippen LogP contribution in [0.4, 0.5) is 5.00 Å². The largest absolute Gasteiger partial charge is 0.481 e. The molecule has 0 radical (unpaired) electrons. The van der Waals surface area contributed by atoms with E-state index in [0.29, 0.717) is 16.5 Å². The zero-order valence-electron chi connectivity index (χ0n) is 18.1. The van der Waals surface area contributed by atoms with E-state index in [2.05, 4.69) is 17.6 Å². The number of fused-ring (bicyclic) bond motifs is 1. The number of thiophene rings is 1. The van der Waals surface area contributed by atoms with Crippen LogP contribution < -0.4 is 10.6 Å². The van der Waals surface area contributed by atoms with Crippen molar-refractivity contribution in [1.29, 1.82) is 0 Å². The van der Waals surface area contributed by atoms with Crippen LogP contribution in [0.1, 0.15) is 92.4 Å². The first-order chi connectivity index (χ1) is 14.4. The molecule has 1 aromatic rings. The molecular weight excluding hydrogens is 400 g/mol. The maximum atomic E-state index is 13.2. The highest BCUT2D eigenvalue weighted by Gasteiger charge is 2.30. The van der Waals surface area contributed by atoms with E-state index in [0.717, 1.165) is 56.9 Å². The van der Waals surface area contributed by atoms with Gasteiger partial charge in [0.2, 0.25) is 5.91 Å². The number of carbonyl (C=O) groups excluding carboxylic acids is 2. The van der Waals surface area contributed by atoms with Gasteiger partial charge in [0.15, 0.2) is 0 Å². The van der Waals surface area contributed by atoms with E-state index < -0.39 is 5.97 Å². The summed E-state index contributed by atoms with van der Waals surface area (Å²) in [7, 11) is 0. The average Bonchev–Trinajstić information content (AvgIpc) is 3.04. The number of hydrogen-bond donors (Lipinski definition) is 3. The molecule has 7 heteroatoms. The standard InChI is InChI=1S/C23H34N2O4S/c1-3-15-9-10-17-18(13-15)30-23(25-19(26)11-14(2)12-20(27)28)21(17)22(29)24-16-7-5-4-6-8-16/h14-16H,3-13H2,1-2H3,(H,24,29)(H,25,26)(H,27,28)/t14-,15+/m1/s1. The topological polar surface area (TPSA) is 95.5 Å². The number of rotatable bonds is 8. The molecule has 2 aliphatic carbocycles. The van der Waals surface area contributed by atoms with E-state index in [1.807, 2.05) is 0 Å². The van der Waals surface area contributed by atoms with Crippen LogP contribution in [0.2, 0.25) is 0 Å². The zero-order valence-corrected chi connectivity index (χ0v) is 18.9. The van der Waals surface area contributed by atoms with E-state index in [9.17, 15) is 14.4 Å². The van der Waals surface area contributed by atoms with Crippen molar-refractivity contribution < 1.29 is 19.5 Å². The van der Waals surface area contributed by atoms with Gasteiger partial charge in [-0.3, -0.25) is 14.4 Å². The summed E-state index contributed by atoms with van der Waals surface area (Å²) in [6, 6.07) is 0.216. The highest BCUT2D eigenvalue weighted by atomic mass is 32.1. The Morgan fingerprint density at radius 2 is 1.87 bits per heavy atom. The Labute approximate surface area is 182 Å². The molecule has 166 valence electrons. The molecule has 2 atom stereocenters. The molecular formula is C23H34N2O4S. The summed E-state index contributed by atoms with van der Waals surface area (Å²) in [5.74, 6) is -0.810. The van der Waals surface area contributed by atoms with Gasteiger partial charge in [0.25, 0.3) is 5.91 Å². The molecule has 2 amide bonds. The first kappa shape index (κ1) is 22.8. The second-order valence-corrected chi connectivity index (χ2v) is 10.1. The number of carboxylic acids is 1. The Bertz CT molecular complexity index is 782. The first-order valence-electron chi connectivity index (χ1n) is 11.3. The van der Waals surface area contributed by atoms with Crippen LogP contribution in [0.3, 0.4) is 0 Å². The molecule has 1 heterocycles. The van der Waals surface area contributed by atoms with Gasteiger partial charge >= 0.3 is 5.97 Å². The Morgan fingerprint density at radius 1 is 1.13 bits per heavy atom. The van der Waals surface area contributed by atoms with E-state index in [4.69, 9.17) is 5.11 Å². The third kappa shape index (κ3) is 5.84.